The lowest BCUT2D eigenvalue weighted by atomic mass is 10.1. The summed E-state index contributed by atoms with van der Waals surface area (Å²) >= 11 is 0. The molecule has 0 saturated carbocycles. The molecule has 0 spiro atoms. The Kier molecular flexibility index (Phi) is 8.48. The van der Waals surface area contributed by atoms with Crippen LogP contribution in [0.1, 0.15) is 32.3 Å². The number of nitrogens with zero attached hydrogens (tertiary/aromatic N) is 2. The molecule has 0 aliphatic rings. The van der Waals surface area contributed by atoms with Gasteiger partial charge in [0.1, 0.15) is 0 Å². The zero-order valence-corrected chi connectivity index (χ0v) is 15.1. The largest absolute Gasteiger partial charge is 0.397 e. The molecule has 0 aromatic heterocycles. The van der Waals surface area contributed by atoms with Crippen LogP contribution in [0.5, 0.6) is 0 Å². The Morgan fingerprint density at radius 3 is 2.48 bits per heavy atom. The lowest BCUT2D eigenvalue weighted by Crippen LogP contribution is -2.27. The van der Waals surface area contributed by atoms with E-state index in [2.05, 4.69) is 41.1 Å². The van der Waals surface area contributed by atoms with Crippen molar-refractivity contribution < 1.29 is 4.79 Å². The fourth-order valence-electron chi connectivity index (χ4n) is 2.58. The fraction of sp³-hybridized carbons (Fsp3) is 0.611. The van der Waals surface area contributed by atoms with Gasteiger partial charge in [0.2, 0.25) is 5.91 Å². The Bertz CT molecular complexity index is 484. The first-order valence-corrected chi connectivity index (χ1v) is 8.52. The third-order valence-corrected chi connectivity index (χ3v) is 3.94. The maximum absolute atomic E-state index is 11.8. The number of nitrogens with two attached hydrogens (primary N) is 1. The summed E-state index contributed by atoms with van der Waals surface area (Å²) in [6.07, 6.45) is 2.21. The second-order valence-corrected chi connectivity index (χ2v) is 6.07. The molecule has 23 heavy (non-hydrogen) atoms. The Morgan fingerprint density at radius 1 is 1.22 bits per heavy atom. The lowest BCUT2D eigenvalue weighted by molar-refractivity contribution is -0.121. The molecule has 3 N–H and O–H groups in total. The molecule has 0 heterocycles. The van der Waals surface area contributed by atoms with Gasteiger partial charge in [0.15, 0.2) is 0 Å². The molecule has 0 aliphatic heterocycles. The summed E-state index contributed by atoms with van der Waals surface area (Å²) in [5.74, 6) is 0.107. The van der Waals surface area contributed by atoms with E-state index < -0.39 is 0 Å². The van der Waals surface area contributed by atoms with Gasteiger partial charge in [-0.3, -0.25) is 4.79 Å². The van der Waals surface area contributed by atoms with Gasteiger partial charge < -0.3 is 20.9 Å². The monoisotopic (exact) mass is 320 g/mol. The van der Waals surface area contributed by atoms with Crippen molar-refractivity contribution in [2.75, 3.05) is 50.9 Å². The van der Waals surface area contributed by atoms with Crippen molar-refractivity contribution in [2.24, 2.45) is 0 Å². The number of amides is 1. The number of nitrogens with one attached hydrogen (secondary N) is 1. The summed E-state index contributed by atoms with van der Waals surface area (Å²) in [5.41, 5.74) is 9.14. The smallest absolute Gasteiger partial charge is 0.220 e. The van der Waals surface area contributed by atoms with Crippen LogP contribution in [0.2, 0.25) is 0 Å². The Labute approximate surface area is 140 Å². The van der Waals surface area contributed by atoms with Crippen LogP contribution in [-0.4, -0.2) is 51.1 Å². The molecule has 1 aromatic carbocycles. The van der Waals surface area contributed by atoms with Crippen LogP contribution in [-0.2, 0) is 11.2 Å². The number of carbonyl (C=O) groups excluding carboxylic acids is 1. The summed E-state index contributed by atoms with van der Waals surface area (Å²) in [7, 11) is 4.07. The van der Waals surface area contributed by atoms with Gasteiger partial charge in [0, 0.05) is 26.1 Å². The van der Waals surface area contributed by atoms with Gasteiger partial charge in [-0.2, -0.15) is 0 Å². The first kappa shape index (κ1) is 19.3. The average Bonchev–Trinajstić information content (AvgIpc) is 2.52. The predicted molar refractivity (Wildman–Crippen MR) is 98.9 cm³/mol. The summed E-state index contributed by atoms with van der Waals surface area (Å²) in [6.45, 7) is 7.85. The van der Waals surface area contributed by atoms with Crippen molar-refractivity contribution in [3.05, 3.63) is 23.8 Å². The van der Waals surface area contributed by atoms with E-state index >= 15 is 0 Å². The maximum Gasteiger partial charge on any atom is 0.220 e. The van der Waals surface area contributed by atoms with Crippen LogP contribution in [0.15, 0.2) is 18.2 Å². The molecule has 0 saturated heterocycles. The highest BCUT2D eigenvalue weighted by molar-refractivity contribution is 5.76. The van der Waals surface area contributed by atoms with Gasteiger partial charge in [0.25, 0.3) is 0 Å². The zero-order chi connectivity index (χ0) is 17.2. The topological polar surface area (TPSA) is 61.6 Å². The van der Waals surface area contributed by atoms with E-state index in [0.29, 0.717) is 6.42 Å². The number of aryl methyl sites for hydroxylation is 1. The quantitative estimate of drug-likeness (QED) is 0.512. The number of hydrogen-bond acceptors (Lipinski definition) is 4. The van der Waals surface area contributed by atoms with Gasteiger partial charge >= 0.3 is 0 Å². The zero-order valence-electron chi connectivity index (χ0n) is 15.1. The third-order valence-electron chi connectivity index (χ3n) is 3.94. The molecule has 0 fully saturated rings. The Balaban J connectivity index is 2.43. The normalized spacial score (nSPS) is 10.8. The highest BCUT2D eigenvalue weighted by Gasteiger charge is 2.08. The molecule has 5 nitrogen and oxygen atoms in total. The van der Waals surface area contributed by atoms with Crippen LogP contribution in [0.3, 0.4) is 0 Å². The second kappa shape index (κ2) is 10.1. The Morgan fingerprint density at radius 2 is 1.91 bits per heavy atom. The Hall–Kier alpha value is -1.75. The van der Waals surface area contributed by atoms with E-state index in [1.54, 1.807) is 0 Å². The van der Waals surface area contributed by atoms with Crippen molar-refractivity contribution in [1.82, 2.24) is 10.2 Å². The van der Waals surface area contributed by atoms with Crippen molar-refractivity contribution >= 4 is 17.3 Å². The van der Waals surface area contributed by atoms with E-state index in [0.717, 1.165) is 56.0 Å². The number of carbonyl (C=O) groups is 1. The minimum atomic E-state index is 0.107. The van der Waals surface area contributed by atoms with E-state index in [9.17, 15) is 4.79 Å². The molecule has 1 amide bonds. The molecular weight excluding hydrogens is 288 g/mol. The fourth-order valence-corrected chi connectivity index (χ4v) is 2.58. The molecule has 5 heteroatoms. The average molecular weight is 320 g/mol. The van der Waals surface area contributed by atoms with Crippen LogP contribution in [0.4, 0.5) is 11.4 Å². The van der Waals surface area contributed by atoms with E-state index in [4.69, 9.17) is 5.73 Å². The highest BCUT2D eigenvalue weighted by Crippen LogP contribution is 2.24. The summed E-state index contributed by atoms with van der Waals surface area (Å²) in [4.78, 5) is 16.2. The number of rotatable bonds is 10. The van der Waals surface area contributed by atoms with Gasteiger partial charge in [-0.25, -0.2) is 0 Å². The molecule has 130 valence electrons. The van der Waals surface area contributed by atoms with Crippen LogP contribution in [0.25, 0.3) is 0 Å². The minimum absolute atomic E-state index is 0.107. The van der Waals surface area contributed by atoms with Crippen LogP contribution < -0.4 is 16.0 Å². The molecular formula is C18H32N4O. The summed E-state index contributed by atoms with van der Waals surface area (Å²) in [6, 6.07) is 6.13. The van der Waals surface area contributed by atoms with Crippen molar-refractivity contribution in [3.63, 3.8) is 0 Å². The predicted octanol–water partition coefficient (Wildman–Crippen LogP) is 2.12. The number of hydrogen-bond donors (Lipinski definition) is 2. The summed E-state index contributed by atoms with van der Waals surface area (Å²) in [5, 5.41) is 2.97. The lowest BCUT2D eigenvalue weighted by Gasteiger charge is -2.23. The molecule has 0 aliphatic carbocycles. The van der Waals surface area contributed by atoms with E-state index in [1.165, 1.54) is 0 Å². The highest BCUT2D eigenvalue weighted by atomic mass is 16.1. The first-order chi connectivity index (χ1) is 11.0. The van der Waals surface area contributed by atoms with Crippen LogP contribution >= 0.6 is 0 Å². The third kappa shape index (κ3) is 6.91. The standard InChI is InChI=1S/C18H32N4O/c1-5-22(6-2)17-10-8-15(14-16(17)19)9-11-18(23)20-12-7-13-21(3)4/h8,10,14H,5-7,9,11-13,19H2,1-4H3,(H,20,23). The number of benzene rings is 1. The van der Waals surface area contributed by atoms with Gasteiger partial charge in [-0.15, -0.1) is 0 Å². The molecule has 0 bridgehead atoms. The van der Waals surface area contributed by atoms with Gasteiger partial charge in [-0.1, -0.05) is 6.07 Å². The van der Waals surface area contributed by atoms with Crippen molar-refractivity contribution in [1.29, 1.82) is 0 Å². The molecule has 1 rings (SSSR count). The number of anilines is 2. The van der Waals surface area contributed by atoms with E-state index in [-0.39, 0.29) is 5.91 Å². The minimum Gasteiger partial charge on any atom is -0.397 e. The van der Waals surface area contributed by atoms with Crippen molar-refractivity contribution in [3.8, 4) is 0 Å². The second-order valence-electron chi connectivity index (χ2n) is 6.07. The van der Waals surface area contributed by atoms with Gasteiger partial charge in [-0.05, 0) is 65.0 Å². The SMILES string of the molecule is CCN(CC)c1ccc(CCC(=O)NCCCN(C)C)cc1N. The molecule has 0 unspecified atom stereocenters. The van der Waals surface area contributed by atoms with Crippen molar-refractivity contribution in [2.45, 2.75) is 33.1 Å². The first-order valence-electron chi connectivity index (χ1n) is 8.52. The summed E-state index contributed by atoms with van der Waals surface area (Å²) < 4.78 is 0. The number of nitrogen functional groups attached to an aromatic ring is 1. The molecule has 1 aromatic rings. The molecule has 0 atom stereocenters. The van der Waals surface area contributed by atoms with Gasteiger partial charge in [0.05, 0.1) is 11.4 Å². The maximum atomic E-state index is 11.8. The molecule has 0 radical (unpaired) electrons. The van der Waals surface area contributed by atoms with Crippen LogP contribution in [0, 0.1) is 0 Å². The van der Waals surface area contributed by atoms with E-state index in [1.807, 2.05) is 20.2 Å².